The summed E-state index contributed by atoms with van der Waals surface area (Å²) in [6, 6.07) is 50.0. The third kappa shape index (κ3) is 5.60. The Kier molecular flexibility index (Phi) is 8.25. The van der Waals surface area contributed by atoms with Gasteiger partial charge in [0.2, 0.25) is 0 Å². The van der Waals surface area contributed by atoms with Crippen molar-refractivity contribution in [3.05, 3.63) is 172 Å². The van der Waals surface area contributed by atoms with Crippen LogP contribution in [0.25, 0.3) is 22.3 Å². The van der Waals surface area contributed by atoms with E-state index in [1.165, 1.54) is 130 Å². The Labute approximate surface area is 388 Å². The zero-order chi connectivity index (χ0) is 45.3. The molecule has 0 aromatic heterocycles. The van der Waals surface area contributed by atoms with E-state index >= 15 is 0 Å². The first-order valence-electron chi connectivity index (χ1n) is 24.3. The highest BCUT2D eigenvalue weighted by molar-refractivity contribution is 7.00. The smallest absolute Gasteiger partial charge is 0.252 e. The van der Waals surface area contributed by atoms with Gasteiger partial charge in [-0.3, -0.25) is 0 Å². The predicted molar refractivity (Wildman–Crippen MR) is 279 cm³/mol. The molecule has 0 saturated carbocycles. The highest BCUT2D eigenvalue weighted by atomic mass is 15.2. The van der Waals surface area contributed by atoms with Gasteiger partial charge in [-0.25, -0.2) is 0 Å². The number of nitrogens with zero attached hydrogens (tertiary/aromatic N) is 2. The van der Waals surface area contributed by atoms with Crippen molar-refractivity contribution < 1.29 is 0 Å². The fourth-order valence-electron chi connectivity index (χ4n) is 13.8. The molecule has 2 nitrogen and oxygen atoms in total. The molecule has 3 heteroatoms. The average molecular weight is 847 g/mol. The molecule has 65 heavy (non-hydrogen) atoms. The number of fused-ring (bicyclic) bond motifs is 9. The molecule has 0 saturated heterocycles. The van der Waals surface area contributed by atoms with Crippen LogP contribution >= 0.6 is 0 Å². The van der Waals surface area contributed by atoms with Gasteiger partial charge in [-0.05, 0) is 175 Å². The summed E-state index contributed by atoms with van der Waals surface area (Å²) < 4.78 is 0. The standard InChI is InChI=1S/C62H63BN2/c1-37-29-54-57-55(30-37)65(51-24-18-23-43-56(51)41-21-16-17-22-42(41)62(43,11)12)53-35-47-45(60(7,8)36-61(47,9)10)33-49(53)63(57)48-32-44-46(59(5,6)28-27-58(44,3)4)34-52(48)64(54)50-26-25-40(31-38(50)2)39-19-14-13-15-20-39/h13-26,29-35H,27-28,36H2,1-12H3. The second kappa shape index (κ2) is 13.2. The molecule has 0 bridgehead atoms. The third-order valence-electron chi connectivity index (χ3n) is 17.0. The average Bonchev–Trinajstić information content (AvgIpc) is 3.61. The van der Waals surface area contributed by atoms with E-state index < -0.39 is 0 Å². The lowest BCUT2D eigenvalue weighted by Gasteiger charge is -2.48. The third-order valence-corrected chi connectivity index (χ3v) is 17.0. The molecule has 0 unspecified atom stereocenters. The van der Waals surface area contributed by atoms with E-state index in [1.54, 1.807) is 0 Å². The van der Waals surface area contributed by atoms with Gasteiger partial charge in [-0.2, -0.15) is 0 Å². The number of benzene rings is 7. The van der Waals surface area contributed by atoms with E-state index in [0.29, 0.717) is 0 Å². The minimum absolute atomic E-state index is 0.0458. The first-order valence-corrected chi connectivity index (χ1v) is 24.3. The highest BCUT2D eigenvalue weighted by Crippen LogP contribution is 2.58. The van der Waals surface area contributed by atoms with Crippen LogP contribution in [0.3, 0.4) is 0 Å². The predicted octanol–water partition coefficient (Wildman–Crippen LogP) is 14.7. The molecular formula is C62H63BN2. The Morgan fingerprint density at radius 2 is 0.954 bits per heavy atom. The SMILES string of the molecule is Cc1cc2c3c(c1)N(c1cccc4c1-c1ccccc1C4(C)C)c1cc4c(cc1B3c1cc3c(cc1N2c1ccc(-c2ccccc2)cc1C)C(C)(C)CCC3(C)C)C(C)(C)CC4(C)C. The number of aryl methyl sites for hydroxylation is 2. The van der Waals surface area contributed by atoms with E-state index in [1.807, 2.05) is 0 Å². The van der Waals surface area contributed by atoms with Gasteiger partial charge in [0, 0.05) is 39.4 Å². The Morgan fingerprint density at radius 1 is 0.415 bits per heavy atom. The van der Waals surface area contributed by atoms with Crippen LogP contribution in [0.2, 0.25) is 0 Å². The van der Waals surface area contributed by atoms with Gasteiger partial charge < -0.3 is 9.80 Å². The van der Waals surface area contributed by atoms with Crippen LogP contribution in [0.4, 0.5) is 34.1 Å². The van der Waals surface area contributed by atoms with Crippen LogP contribution in [-0.2, 0) is 27.1 Å². The monoisotopic (exact) mass is 847 g/mol. The van der Waals surface area contributed by atoms with Gasteiger partial charge in [0.1, 0.15) is 0 Å². The summed E-state index contributed by atoms with van der Waals surface area (Å²) in [5, 5.41) is 0. The van der Waals surface area contributed by atoms with Gasteiger partial charge in [-0.15, -0.1) is 0 Å². The molecule has 7 aromatic rings. The van der Waals surface area contributed by atoms with Crippen molar-refractivity contribution in [1.29, 1.82) is 0 Å². The second-order valence-electron chi connectivity index (χ2n) is 23.7. The molecule has 12 rings (SSSR count). The molecule has 0 fully saturated rings. The summed E-state index contributed by atoms with van der Waals surface area (Å²) in [7, 11) is 0. The first-order chi connectivity index (χ1) is 30.8. The van der Waals surface area contributed by atoms with Crippen LogP contribution in [0.15, 0.2) is 127 Å². The molecule has 0 N–H and O–H groups in total. The van der Waals surface area contributed by atoms with Crippen molar-refractivity contribution >= 4 is 57.2 Å². The molecule has 7 aromatic carbocycles. The molecule has 0 radical (unpaired) electrons. The summed E-state index contributed by atoms with van der Waals surface area (Å²) in [5.41, 5.74) is 28.8. The molecule has 0 atom stereocenters. The Bertz CT molecular complexity index is 3200. The second-order valence-corrected chi connectivity index (χ2v) is 23.7. The van der Waals surface area contributed by atoms with Crippen molar-refractivity contribution in [2.45, 2.75) is 129 Å². The van der Waals surface area contributed by atoms with Gasteiger partial charge >= 0.3 is 0 Å². The zero-order valence-corrected chi connectivity index (χ0v) is 40.7. The Balaban J connectivity index is 1.21. The van der Waals surface area contributed by atoms with E-state index in [2.05, 4.69) is 220 Å². The van der Waals surface area contributed by atoms with E-state index in [0.717, 1.165) is 6.42 Å². The molecule has 5 aliphatic rings. The van der Waals surface area contributed by atoms with Gasteiger partial charge in [0.15, 0.2) is 0 Å². The van der Waals surface area contributed by atoms with Gasteiger partial charge in [0.05, 0.1) is 5.69 Å². The van der Waals surface area contributed by atoms with E-state index in [-0.39, 0.29) is 33.8 Å². The van der Waals surface area contributed by atoms with Crippen molar-refractivity contribution in [2.24, 2.45) is 0 Å². The zero-order valence-electron chi connectivity index (χ0n) is 40.7. The summed E-state index contributed by atoms with van der Waals surface area (Å²) in [6.45, 7) is 29.4. The molecular weight excluding hydrogens is 784 g/mol. The maximum absolute atomic E-state index is 2.72. The van der Waals surface area contributed by atoms with Crippen LogP contribution in [0.5, 0.6) is 0 Å². The molecule has 0 spiro atoms. The molecule has 2 aliphatic heterocycles. The van der Waals surface area contributed by atoms with Crippen molar-refractivity contribution in [1.82, 2.24) is 0 Å². The lowest BCUT2D eigenvalue weighted by molar-refractivity contribution is 0.332. The van der Waals surface area contributed by atoms with E-state index in [9.17, 15) is 0 Å². The first kappa shape index (κ1) is 40.7. The van der Waals surface area contributed by atoms with Crippen molar-refractivity contribution in [2.75, 3.05) is 9.80 Å². The van der Waals surface area contributed by atoms with Crippen LogP contribution in [0.1, 0.15) is 133 Å². The number of anilines is 6. The maximum Gasteiger partial charge on any atom is 0.252 e. The summed E-state index contributed by atoms with van der Waals surface area (Å²) in [5.74, 6) is 0. The minimum atomic E-state index is -0.113. The maximum atomic E-state index is 2.72. The van der Waals surface area contributed by atoms with Crippen LogP contribution in [0, 0.1) is 13.8 Å². The van der Waals surface area contributed by atoms with E-state index in [4.69, 9.17) is 0 Å². The Hall–Kier alpha value is -5.80. The molecule has 324 valence electrons. The van der Waals surface area contributed by atoms with Gasteiger partial charge in [-0.1, -0.05) is 154 Å². The minimum Gasteiger partial charge on any atom is -0.311 e. The normalized spacial score (nSPS) is 19.1. The highest BCUT2D eigenvalue weighted by Gasteiger charge is 2.50. The molecule has 0 amide bonds. The van der Waals surface area contributed by atoms with Crippen molar-refractivity contribution in [3.63, 3.8) is 0 Å². The number of hydrogen-bond acceptors (Lipinski definition) is 2. The lowest BCUT2D eigenvalue weighted by Crippen LogP contribution is -2.62. The lowest BCUT2D eigenvalue weighted by atomic mass is 9.32. The number of rotatable bonds is 3. The number of hydrogen-bond donors (Lipinski definition) is 0. The topological polar surface area (TPSA) is 6.48 Å². The summed E-state index contributed by atoms with van der Waals surface area (Å²) >= 11 is 0. The fraction of sp³-hybridized carbons (Fsp3) is 0.323. The van der Waals surface area contributed by atoms with Gasteiger partial charge in [0.25, 0.3) is 6.71 Å². The summed E-state index contributed by atoms with van der Waals surface area (Å²) in [4.78, 5) is 5.40. The largest absolute Gasteiger partial charge is 0.311 e. The quantitative estimate of drug-likeness (QED) is 0.163. The van der Waals surface area contributed by atoms with Crippen LogP contribution in [-0.4, -0.2) is 6.71 Å². The van der Waals surface area contributed by atoms with Crippen molar-refractivity contribution in [3.8, 4) is 22.3 Å². The summed E-state index contributed by atoms with van der Waals surface area (Å²) in [6.07, 6.45) is 3.48. The molecule has 3 aliphatic carbocycles. The Morgan fingerprint density at radius 3 is 1.58 bits per heavy atom. The van der Waals surface area contributed by atoms with Crippen LogP contribution < -0.4 is 26.2 Å². The fourth-order valence-corrected chi connectivity index (χ4v) is 13.8. The molecule has 2 heterocycles.